The maximum Gasteiger partial charge on any atom is 0.239 e. The van der Waals surface area contributed by atoms with Crippen LogP contribution >= 0.6 is 0 Å². The number of hydrogen-bond acceptors (Lipinski definition) is 3. The standard InChI is InChI=1S/C14H22N4O/c19-14-13(16-12-3-4-12)5-9-18(14)8-2-1-7-17-10-6-15-11-17/h6,10-13,16H,1-5,7-9H2. The lowest BCUT2D eigenvalue weighted by Gasteiger charge is -2.17. The average molecular weight is 262 g/mol. The van der Waals surface area contributed by atoms with Crippen molar-refractivity contribution in [2.75, 3.05) is 13.1 Å². The Kier molecular flexibility index (Phi) is 3.82. The summed E-state index contributed by atoms with van der Waals surface area (Å²) in [5.74, 6) is 0.314. The summed E-state index contributed by atoms with van der Waals surface area (Å²) in [7, 11) is 0. The molecule has 19 heavy (non-hydrogen) atoms. The van der Waals surface area contributed by atoms with E-state index in [1.807, 2.05) is 17.4 Å². The lowest BCUT2D eigenvalue weighted by molar-refractivity contribution is -0.129. The maximum absolute atomic E-state index is 12.1. The van der Waals surface area contributed by atoms with Crippen molar-refractivity contribution < 1.29 is 4.79 Å². The fourth-order valence-corrected chi connectivity index (χ4v) is 2.67. The van der Waals surface area contributed by atoms with Gasteiger partial charge >= 0.3 is 0 Å². The maximum atomic E-state index is 12.1. The van der Waals surface area contributed by atoms with Crippen molar-refractivity contribution in [3.8, 4) is 0 Å². The average Bonchev–Trinajstić information content (AvgIpc) is 2.95. The van der Waals surface area contributed by atoms with E-state index in [0.717, 1.165) is 38.9 Å². The normalized spacial score (nSPS) is 23.3. The van der Waals surface area contributed by atoms with Crippen molar-refractivity contribution in [1.82, 2.24) is 19.8 Å². The van der Waals surface area contributed by atoms with Gasteiger partial charge in [-0.3, -0.25) is 4.79 Å². The molecule has 0 spiro atoms. The molecule has 0 bridgehead atoms. The van der Waals surface area contributed by atoms with Gasteiger partial charge in [-0.15, -0.1) is 0 Å². The summed E-state index contributed by atoms with van der Waals surface area (Å²) in [5, 5.41) is 3.44. The number of aryl methyl sites for hydroxylation is 1. The number of imidazole rings is 1. The highest BCUT2D eigenvalue weighted by Gasteiger charge is 2.34. The Bertz CT molecular complexity index is 413. The molecule has 2 heterocycles. The third kappa shape index (κ3) is 3.35. The summed E-state index contributed by atoms with van der Waals surface area (Å²) in [6, 6.07) is 0.719. The molecule has 1 N–H and O–H groups in total. The minimum absolute atomic E-state index is 0.0983. The Hall–Kier alpha value is -1.36. The summed E-state index contributed by atoms with van der Waals surface area (Å²) in [6.07, 6.45) is 11.3. The van der Waals surface area contributed by atoms with Crippen LogP contribution in [0.1, 0.15) is 32.1 Å². The van der Waals surface area contributed by atoms with Gasteiger partial charge in [-0.25, -0.2) is 4.98 Å². The lowest BCUT2D eigenvalue weighted by Crippen LogP contribution is -2.39. The number of carbonyl (C=O) groups excluding carboxylic acids is 1. The van der Waals surface area contributed by atoms with E-state index in [9.17, 15) is 4.79 Å². The van der Waals surface area contributed by atoms with Gasteiger partial charge < -0.3 is 14.8 Å². The van der Waals surface area contributed by atoms with Crippen LogP contribution in [0.4, 0.5) is 0 Å². The van der Waals surface area contributed by atoms with Gasteiger partial charge in [0, 0.05) is 38.1 Å². The van der Waals surface area contributed by atoms with Gasteiger partial charge in [0.15, 0.2) is 0 Å². The molecule has 1 amide bonds. The molecular weight excluding hydrogens is 240 g/mol. The van der Waals surface area contributed by atoms with Crippen molar-refractivity contribution in [3.05, 3.63) is 18.7 Å². The summed E-state index contributed by atoms with van der Waals surface area (Å²) < 4.78 is 2.09. The summed E-state index contributed by atoms with van der Waals surface area (Å²) in [5.41, 5.74) is 0. The van der Waals surface area contributed by atoms with Crippen LogP contribution < -0.4 is 5.32 Å². The number of hydrogen-bond donors (Lipinski definition) is 1. The van der Waals surface area contributed by atoms with Gasteiger partial charge in [0.2, 0.25) is 5.91 Å². The van der Waals surface area contributed by atoms with E-state index in [0.29, 0.717) is 11.9 Å². The number of likely N-dealkylation sites (tertiary alicyclic amines) is 1. The molecule has 104 valence electrons. The van der Waals surface area contributed by atoms with Crippen LogP contribution in [0.3, 0.4) is 0 Å². The van der Waals surface area contributed by atoms with Gasteiger partial charge in [0.05, 0.1) is 12.4 Å². The number of nitrogens with one attached hydrogen (secondary N) is 1. The van der Waals surface area contributed by atoms with E-state index >= 15 is 0 Å². The van der Waals surface area contributed by atoms with Crippen LogP contribution in [0.15, 0.2) is 18.7 Å². The molecular formula is C14H22N4O. The zero-order valence-corrected chi connectivity index (χ0v) is 11.3. The zero-order chi connectivity index (χ0) is 13.1. The quantitative estimate of drug-likeness (QED) is 0.746. The first kappa shape index (κ1) is 12.7. The van der Waals surface area contributed by atoms with Crippen molar-refractivity contribution in [3.63, 3.8) is 0 Å². The first-order chi connectivity index (χ1) is 9.33. The van der Waals surface area contributed by atoms with Crippen LogP contribution in [0, 0.1) is 0 Å². The molecule has 1 aromatic rings. The first-order valence-corrected chi connectivity index (χ1v) is 7.33. The summed E-state index contributed by atoms with van der Waals surface area (Å²) >= 11 is 0. The fraction of sp³-hybridized carbons (Fsp3) is 0.714. The molecule has 1 aromatic heterocycles. The molecule has 0 aromatic carbocycles. The van der Waals surface area contributed by atoms with Crippen molar-refractivity contribution in [2.45, 2.75) is 50.7 Å². The number of unbranched alkanes of at least 4 members (excludes halogenated alkanes) is 1. The summed E-state index contributed by atoms with van der Waals surface area (Å²) in [6.45, 7) is 2.82. The number of aromatic nitrogens is 2. The van der Waals surface area contributed by atoms with Crippen LogP contribution in [0.2, 0.25) is 0 Å². The van der Waals surface area contributed by atoms with E-state index < -0.39 is 0 Å². The van der Waals surface area contributed by atoms with Gasteiger partial charge in [-0.2, -0.15) is 0 Å². The van der Waals surface area contributed by atoms with Gasteiger partial charge in [-0.1, -0.05) is 0 Å². The highest BCUT2D eigenvalue weighted by Crippen LogP contribution is 2.22. The molecule has 5 heteroatoms. The zero-order valence-electron chi connectivity index (χ0n) is 11.3. The molecule has 5 nitrogen and oxygen atoms in total. The third-order valence-corrected chi connectivity index (χ3v) is 3.97. The number of rotatable bonds is 7. The highest BCUT2D eigenvalue weighted by molar-refractivity contribution is 5.84. The molecule has 2 fully saturated rings. The molecule has 1 atom stereocenters. The molecule has 1 saturated carbocycles. The predicted molar refractivity (Wildman–Crippen MR) is 72.6 cm³/mol. The van der Waals surface area contributed by atoms with Crippen molar-refractivity contribution in [1.29, 1.82) is 0 Å². The molecule has 3 rings (SSSR count). The number of nitrogens with zero attached hydrogens (tertiary/aromatic N) is 3. The lowest BCUT2D eigenvalue weighted by atomic mass is 10.2. The van der Waals surface area contributed by atoms with Gasteiger partial charge in [0.1, 0.15) is 0 Å². The highest BCUT2D eigenvalue weighted by atomic mass is 16.2. The number of carbonyl (C=O) groups is 1. The Balaban J connectivity index is 1.35. The molecule has 2 aliphatic rings. The van der Waals surface area contributed by atoms with Crippen LogP contribution in [0.25, 0.3) is 0 Å². The topological polar surface area (TPSA) is 50.2 Å². The molecule has 1 unspecified atom stereocenters. The van der Waals surface area contributed by atoms with E-state index in [1.54, 1.807) is 6.20 Å². The first-order valence-electron chi connectivity index (χ1n) is 7.33. The van der Waals surface area contributed by atoms with Crippen LogP contribution in [-0.4, -0.2) is 45.5 Å². The third-order valence-electron chi connectivity index (χ3n) is 3.97. The van der Waals surface area contributed by atoms with E-state index in [4.69, 9.17) is 0 Å². The Morgan fingerprint density at radius 1 is 1.26 bits per heavy atom. The monoisotopic (exact) mass is 262 g/mol. The second-order valence-electron chi connectivity index (χ2n) is 5.62. The molecule has 1 aliphatic carbocycles. The van der Waals surface area contributed by atoms with Crippen LogP contribution in [-0.2, 0) is 11.3 Å². The minimum Gasteiger partial charge on any atom is -0.341 e. The SMILES string of the molecule is O=C1C(NC2CC2)CCN1CCCCn1ccnc1. The van der Waals surface area contributed by atoms with E-state index in [1.165, 1.54) is 12.8 Å². The summed E-state index contributed by atoms with van der Waals surface area (Å²) in [4.78, 5) is 18.2. The smallest absolute Gasteiger partial charge is 0.239 e. The van der Waals surface area contributed by atoms with E-state index in [-0.39, 0.29) is 6.04 Å². The number of amides is 1. The Morgan fingerprint density at radius 3 is 2.84 bits per heavy atom. The molecule has 1 aliphatic heterocycles. The van der Waals surface area contributed by atoms with Gasteiger partial charge in [-0.05, 0) is 32.1 Å². The Morgan fingerprint density at radius 2 is 2.11 bits per heavy atom. The van der Waals surface area contributed by atoms with Crippen molar-refractivity contribution in [2.24, 2.45) is 0 Å². The molecule has 1 saturated heterocycles. The minimum atomic E-state index is 0.0983. The molecule has 0 radical (unpaired) electrons. The predicted octanol–water partition coefficient (Wildman–Crippen LogP) is 1.02. The second kappa shape index (κ2) is 5.74. The second-order valence-corrected chi connectivity index (χ2v) is 5.62. The fourth-order valence-electron chi connectivity index (χ4n) is 2.67. The van der Waals surface area contributed by atoms with Gasteiger partial charge in [0.25, 0.3) is 0 Å². The van der Waals surface area contributed by atoms with Crippen LogP contribution in [0.5, 0.6) is 0 Å². The van der Waals surface area contributed by atoms with E-state index in [2.05, 4.69) is 14.9 Å². The largest absolute Gasteiger partial charge is 0.341 e. The van der Waals surface area contributed by atoms with Crippen molar-refractivity contribution >= 4 is 5.91 Å². The Labute approximate surface area is 114 Å².